The van der Waals surface area contributed by atoms with Crippen molar-refractivity contribution in [3.05, 3.63) is 35.4 Å². The van der Waals surface area contributed by atoms with Crippen molar-refractivity contribution in [2.75, 3.05) is 0 Å². The van der Waals surface area contributed by atoms with Crippen LogP contribution < -0.4 is 0 Å². The molecule has 0 amide bonds. The Kier molecular flexibility index (Phi) is 4.11. The van der Waals surface area contributed by atoms with Crippen LogP contribution in [0.25, 0.3) is 0 Å². The molecule has 1 saturated carbocycles. The molecule has 0 N–H and O–H groups in total. The molecule has 2 nitrogen and oxygen atoms in total. The number of benzene rings is 1. The molecule has 1 fully saturated rings. The molecule has 0 saturated heterocycles. The normalized spacial score (nSPS) is 22.4. The zero-order valence-electron chi connectivity index (χ0n) is 10.1. The molecular weight excluding hydrogens is 232 g/mol. The minimum Gasteiger partial charge on any atom is -0.298 e. The van der Waals surface area contributed by atoms with Crippen molar-refractivity contribution in [3.63, 3.8) is 0 Å². The van der Waals surface area contributed by atoms with E-state index in [2.05, 4.69) is 0 Å². The first-order chi connectivity index (χ1) is 8.18. The van der Waals surface area contributed by atoms with Gasteiger partial charge in [-0.1, -0.05) is 30.7 Å². The molecule has 1 aromatic rings. The number of carbonyl (C=O) groups is 1. The van der Waals surface area contributed by atoms with E-state index in [1.54, 1.807) is 0 Å². The highest BCUT2D eigenvalue weighted by atomic mass is 32.2. The summed E-state index contributed by atoms with van der Waals surface area (Å²) < 4.78 is 12.2. The summed E-state index contributed by atoms with van der Waals surface area (Å²) in [6.07, 6.45) is 3.42. The van der Waals surface area contributed by atoms with Gasteiger partial charge in [0.2, 0.25) is 0 Å². The van der Waals surface area contributed by atoms with E-state index in [4.69, 9.17) is 0 Å². The van der Waals surface area contributed by atoms with Crippen LogP contribution >= 0.6 is 0 Å². The summed E-state index contributed by atoms with van der Waals surface area (Å²) in [5.74, 6) is 0.714. The van der Waals surface area contributed by atoms with Crippen LogP contribution in [0.5, 0.6) is 0 Å². The second kappa shape index (κ2) is 5.58. The molecule has 0 radical (unpaired) electrons. The van der Waals surface area contributed by atoms with Gasteiger partial charge in [0.1, 0.15) is 5.78 Å². The van der Waals surface area contributed by atoms with Crippen molar-refractivity contribution in [2.24, 2.45) is 0 Å². The van der Waals surface area contributed by atoms with Crippen molar-refractivity contribution < 1.29 is 9.00 Å². The Morgan fingerprint density at radius 2 is 2.06 bits per heavy atom. The van der Waals surface area contributed by atoms with E-state index < -0.39 is 10.8 Å². The number of carbonyl (C=O) groups excluding carboxylic acids is 1. The van der Waals surface area contributed by atoms with Crippen molar-refractivity contribution >= 4 is 16.6 Å². The third-order valence-electron chi connectivity index (χ3n) is 3.37. The Hall–Kier alpha value is -0.960. The van der Waals surface area contributed by atoms with Crippen LogP contribution in [-0.2, 0) is 21.3 Å². The molecule has 17 heavy (non-hydrogen) atoms. The molecule has 1 aromatic carbocycles. The summed E-state index contributed by atoms with van der Waals surface area (Å²) in [6, 6.07) is 7.96. The van der Waals surface area contributed by atoms with Gasteiger partial charge in [-0.25, -0.2) is 0 Å². The second-order valence-electron chi connectivity index (χ2n) is 4.65. The van der Waals surface area contributed by atoms with Gasteiger partial charge in [-0.2, -0.15) is 0 Å². The lowest BCUT2D eigenvalue weighted by Crippen LogP contribution is -2.30. The first kappa shape index (κ1) is 12.5. The number of hydrogen-bond donors (Lipinski definition) is 0. The molecule has 1 aliphatic carbocycles. The lowest BCUT2D eigenvalue weighted by molar-refractivity contribution is -0.119. The fourth-order valence-corrected chi connectivity index (χ4v) is 3.93. The fraction of sp³-hybridized carbons (Fsp3) is 0.500. The van der Waals surface area contributed by atoms with E-state index in [1.807, 2.05) is 31.2 Å². The van der Waals surface area contributed by atoms with Crippen LogP contribution in [0.2, 0.25) is 0 Å². The topological polar surface area (TPSA) is 34.1 Å². The quantitative estimate of drug-likeness (QED) is 0.826. The summed E-state index contributed by atoms with van der Waals surface area (Å²) in [6.45, 7) is 2.02. The average Bonchev–Trinajstić information content (AvgIpc) is 2.32. The van der Waals surface area contributed by atoms with Crippen LogP contribution in [0.15, 0.2) is 24.3 Å². The molecule has 0 heterocycles. The summed E-state index contributed by atoms with van der Waals surface area (Å²) in [4.78, 5) is 11.7. The number of rotatable bonds is 3. The number of ketones is 1. The van der Waals surface area contributed by atoms with Crippen LogP contribution in [0.1, 0.15) is 36.8 Å². The van der Waals surface area contributed by atoms with E-state index in [0.29, 0.717) is 12.2 Å². The first-order valence-corrected chi connectivity index (χ1v) is 7.51. The van der Waals surface area contributed by atoms with Crippen LogP contribution in [-0.4, -0.2) is 15.2 Å². The Balaban J connectivity index is 2.06. The van der Waals surface area contributed by atoms with Crippen molar-refractivity contribution in [1.82, 2.24) is 0 Å². The summed E-state index contributed by atoms with van der Waals surface area (Å²) in [5, 5.41) is -0.219. The van der Waals surface area contributed by atoms with Gasteiger partial charge < -0.3 is 0 Å². The van der Waals surface area contributed by atoms with Crippen LogP contribution in [0, 0.1) is 6.92 Å². The van der Waals surface area contributed by atoms with Crippen molar-refractivity contribution in [2.45, 2.75) is 43.6 Å². The Morgan fingerprint density at radius 3 is 2.76 bits per heavy atom. The molecule has 2 unspecified atom stereocenters. The van der Waals surface area contributed by atoms with Crippen LogP contribution in [0.3, 0.4) is 0 Å². The van der Waals surface area contributed by atoms with Gasteiger partial charge in [0.25, 0.3) is 0 Å². The lowest BCUT2D eigenvalue weighted by Gasteiger charge is -2.20. The maximum atomic E-state index is 12.2. The van der Waals surface area contributed by atoms with Crippen molar-refractivity contribution in [3.8, 4) is 0 Å². The summed E-state index contributed by atoms with van der Waals surface area (Å²) in [5.41, 5.74) is 2.26. The minimum absolute atomic E-state index is 0.197. The van der Waals surface area contributed by atoms with Gasteiger partial charge in [0.05, 0.1) is 5.25 Å². The van der Waals surface area contributed by atoms with E-state index in [-0.39, 0.29) is 11.0 Å². The average molecular weight is 250 g/mol. The molecule has 0 spiro atoms. The molecular formula is C14H18O2S. The van der Waals surface area contributed by atoms with E-state index in [9.17, 15) is 9.00 Å². The zero-order valence-corrected chi connectivity index (χ0v) is 11.0. The minimum atomic E-state index is -1.05. The van der Waals surface area contributed by atoms with Crippen LogP contribution in [0.4, 0.5) is 0 Å². The number of aryl methyl sites for hydroxylation is 1. The second-order valence-corrected chi connectivity index (χ2v) is 6.27. The molecule has 2 rings (SSSR count). The molecule has 3 heteroatoms. The highest BCUT2D eigenvalue weighted by Crippen LogP contribution is 2.22. The van der Waals surface area contributed by atoms with E-state index in [1.165, 1.54) is 0 Å². The fourth-order valence-electron chi connectivity index (χ4n) is 2.25. The monoisotopic (exact) mass is 250 g/mol. The maximum Gasteiger partial charge on any atom is 0.148 e. The zero-order chi connectivity index (χ0) is 12.3. The number of hydrogen-bond acceptors (Lipinski definition) is 2. The lowest BCUT2D eigenvalue weighted by atomic mass is 9.99. The SMILES string of the molecule is Cc1ccccc1CS(=O)C1CCCCC1=O. The van der Waals surface area contributed by atoms with Gasteiger partial charge in [0, 0.05) is 23.0 Å². The molecule has 2 atom stereocenters. The largest absolute Gasteiger partial charge is 0.298 e. The van der Waals surface area contributed by atoms with Gasteiger partial charge in [0.15, 0.2) is 0 Å². The molecule has 0 bridgehead atoms. The predicted octanol–water partition coefficient (Wildman–Crippen LogP) is 2.76. The Labute approximate surface area is 105 Å². The molecule has 1 aliphatic rings. The summed E-state index contributed by atoms with van der Waals surface area (Å²) in [7, 11) is -1.05. The van der Waals surface area contributed by atoms with E-state index >= 15 is 0 Å². The molecule has 0 aromatic heterocycles. The van der Waals surface area contributed by atoms with Gasteiger partial charge in [-0.15, -0.1) is 0 Å². The van der Waals surface area contributed by atoms with E-state index in [0.717, 1.165) is 30.4 Å². The maximum absolute atomic E-state index is 12.2. The molecule has 0 aliphatic heterocycles. The standard InChI is InChI=1S/C14H18O2S/c1-11-6-2-3-7-12(11)10-17(16)14-9-5-4-8-13(14)15/h2-3,6-7,14H,4-5,8-10H2,1H3. The van der Waals surface area contributed by atoms with Gasteiger partial charge in [-0.05, 0) is 30.9 Å². The highest BCUT2D eigenvalue weighted by Gasteiger charge is 2.27. The third kappa shape index (κ3) is 3.03. The predicted molar refractivity (Wildman–Crippen MR) is 70.3 cm³/mol. The number of Topliss-reactive ketones (excluding diaryl/α,β-unsaturated/α-hetero) is 1. The smallest absolute Gasteiger partial charge is 0.148 e. The Bertz CT molecular complexity index is 440. The first-order valence-electron chi connectivity index (χ1n) is 6.13. The van der Waals surface area contributed by atoms with Crippen molar-refractivity contribution in [1.29, 1.82) is 0 Å². The Morgan fingerprint density at radius 1 is 1.29 bits per heavy atom. The van der Waals surface area contributed by atoms with Gasteiger partial charge >= 0.3 is 0 Å². The summed E-state index contributed by atoms with van der Waals surface area (Å²) >= 11 is 0. The third-order valence-corrected chi connectivity index (χ3v) is 5.10. The highest BCUT2D eigenvalue weighted by molar-refractivity contribution is 7.85. The van der Waals surface area contributed by atoms with Gasteiger partial charge in [-0.3, -0.25) is 9.00 Å². The molecule has 92 valence electrons.